The Bertz CT molecular complexity index is 797. The maximum Gasteiger partial charge on any atom is 0.319 e. The van der Waals surface area contributed by atoms with Crippen LogP contribution >= 0.6 is 0 Å². The van der Waals surface area contributed by atoms with E-state index in [0.29, 0.717) is 24.7 Å². The second-order valence-corrected chi connectivity index (χ2v) is 5.36. The number of amides is 2. The van der Waals surface area contributed by atoms with Crippen LogP contribution in [0.4, 0.5) is 10.5 Å². The van der Waals surface area contributed by atoms with E-state index in [2.05, 4.69) is 20.8 Å². The fraction of sp³-hybridized carbons (Fsp3) is 0.167. The highest BCUT2D eigenvalue weighted by Crippen LogP contribution is 2.18. The molecule has 0 spiro atoms. The average Bonchev–Trinajstić information content (AvgIpc) is 3.05. The zero-order chi connectivity index (χ0) is 16.8. The van der Waals surface area contributed by atoms with E-state index in [1.807, 2.05) is 61.5 Å². The second kappa shape index (κ2) is 7.41. The van der Waals surface area contributed by atoms with Crippen molar-refractivity contribution in [2.45, 2.75) is 13.3 Å². The summed E-state index contributed by atoms with van der Waals surface area (Å²) in [4.78, 5) is 11.8. The molecule has 6 nitrogen and oxygen atoms in total. The minimum atomic E-state index is -0.264. The summed E-state index contributed by atoms with van der Waals surface area (Å²) < 4.78 is 5.62. The van der Waals surface area contributed by atoms with Crippen molar-refractivity contribution in [1.82, 2.24) is 15.5 Å². The number of rotatable bonds is 5. The SMILES string of the molecule is Cc1ccc(-c2nnc(CCNC(=O)Nc3ccccc3)o2)cc1. The lowest BCUT2D eigenvalue weighted by atomic mass is 10.1. The fourth-order valence-corrected chi connectivity index (χ4v) is 2.15. The van der Waals surface area contributed by atoms with E-state index in [1.165, 1.54) is 5.56 Å². The molecule has 24 heavy (non-hydrogen) atoms. The number of nitrogens with one attached hydrogen (secondary N) is 2. The number of anilines is 1. The van der Waals surface area contributed by atoms with Crippen molar-refractivity contribution in [2.75, 3.05) is 11.9 Å². The first kappa shape index (κ1) is 15.7. The van der Waals surface area contributed by atoms with Gasteiger partial charge in [-0.2, -0.15) is 0 Å². The summed E-state index contributed by atoms with van der Waals surface area (Å²) in [5, 5.41) is 13.6. The summed E-state index contributed by atoms with van der Waals surface area (Å²) in [6, 6.07) is 16.9. The molecule has 0 saturated heterocycles. The highest BCUT2D eigenvalue weighted by Gasteiger charge is 2.09. The topological polar surface area (TPSA) is 80.0 Å². The molecule has 0 aliphatic heterocycles. The van der Waals surface area contributed by atoms with Gasteiger partial charge in [-0.15, -0.1) is 10.2 Å². The van der Waals surface area contributed by atoms with Crippen molar-refractivity contribution in [3.05, 3.63) is 66.1 Å². The molecule has 3 aromatic rings. The Kier molecular flexibility index (Phi) is 4.86. The summed E-state index contributed by atoms with van der Waals surface area (Å²) >= 11 is 0. The van der Waals surface area contributed by atoms with Gasteiger partial charge in [0.1, 0.15) is 0 Å². The molecule has 0 fully saturated rings. The van der Waals surface area contributed by atoms with Crippen molar-refractivity contribution in [1.29, 1.82) is 0 Å². The lowest BCUT2D eigenvalue weighted by Crippen LogP contribution is -2.30. The van der Waals surface area contributed by atoms with Crippen LogP contribution in [0.2, 0.25) is 0 Å². The molecule has 122 valence electrons. The molecule has 1 heterocycles. The Morgan fingerprint density at radius 2 is 1.79 bits per heavy atom. The van der Waals surface area contributed by atoms with Crippen LogP contribution in [0.5, 0.6) is 0 Å². The fourth-order valence-electron chi connectivity index (χ4n) is 2.15. The summed E-state index contributed by atoms with van der Waals surface area (Å²) in [6.07, 6.45) is 0.473. The number of para-hydroxylation sites is 1. The highest BCUT2D eigenvalue weighted by atomic mass is 16.4. The largest absolute Gasteiger partial charge is 0.421 e. The monoisotopic (exact) mass is 322 g/mol. The number of urea groups is 1. The van der Waals surface area contributed by atoms with Crippen molar-refractivity contribution < 1.29 is 9.21 Å². The molecule has 0 saturated carbocycles. The number of benzene rings is 2. The van der Waals surface area contributed by atoms with Gasteiger partial charge >= 0.3 is 6.03 Å². The first-order valence-corrected chi connectivity index (χ1v) is 7.70. The molecule has 0 aliphatic rings. The first-order valence-electron chi connectivity index (χ1n) is 7.70. The van der Waals surface area contributed by atoms with Gasteiger partial charge in [0.25, 0.3) is 0 Å². The van der Waals surface area contributed by atoms with E-state index >= 15 is 0 Å². The van der Waals surface area contributed by atoms with E-state index in [-0.39, 0.29) is 6.03 Å². The molecule has 3 rings (SSSR count). The third kappa shape index (κ3) is 4.19. The number of hydrogen-bond acceptors (Lipinski definition) is 4. The predicted octanol–water partition coefficient (Wildman–Crippen LogP) is 3.41. The third-order valence-electron chi connectivity index (χ3n) is 3.42. The average molecular weight is 322 g/mol. The van der Waals surface area contributed by atoms with Gasteiger partial charge < -0.3 is 15.1 Å². The van der Waals surface area contributed by atoms with Crippen LogP contribution in [-0.2, 0) is 6.42 Å². The maximum atomic E-state index is 11.8. The molecule has 0 unspecified atom stereocenters. The zero-order valence-electron chi connectivity index (χ0n) is 13.3. The molecule has 0 atom stereocenters. The molecule has 0 radical (unpaired) electrons. The quantitative estimate of drug-likeness (QED) is 0.754. The lowest BCUT2D eigenvalue weighted by Gasteiger charge is -2.06. The summed E-state index contributed by atoms with van der Waals surface area (Å²) in [6.45, 7) is 2.43. The standard InChI is InChI=1S/C18H18N4O2/c1-13-7-9-14(10-8-13)17-22-21-16(24-17)11-12-19-18(23)20-15-5-3-2-4-6-15/h2-10H,11-12H2,1H3,(H2,19,20,23). The van der Waals surface area contributed by atoms with Gasteiger partial charge in [-0.1, -0.05) is 35.9 Å². The van der Waals surface area contributed by atoms with E-state index < -0.39 is 0 Å². The van der Waals surface area contributed by atoms with Crippen molar-refractivity contribution in [2.24, 2.45) is 0 Å². The van der Waals surface area contributed by atoms with Gasteiger partial charge in [0.15, 0.2) is 0 Å². The van der Waals surface area contributed by atoms with Gasteiger partial charge in [0.2, 0.25) is 11.8 Å². The Balaban J connectivity index is 1.49. The number of nitrogens with zero attached hydrogens (tertiary/aromatic N) is 2. The number of aryl methyl sites for hydroxylation is 1. The first-order chi connectivity index (χ1) is 11.7. The molecule has 2 amide bonds. The van der Waals surface area contributed by atoms with Crippen LogP contribution in [0, 0.1) is 6.92 Å². The van der Waals surface area contributed by atoms with Crippen LogP contribution in [-0.4, -0.2) is 22.8 Å². The Labute approximate surface area is 139 Å². The Morgan fingerprint density at radius 3 is 2.54 bits per heavy atom. The van der Waals surface area contributed by atoms with Crippen LogP contribution in [0.15, 0.2) is 59.0 Å². The summed E-state index contributed by atoms with van der Waals surface area (Å²) in [7, 11) is 0. The van der Waals surface area contributed by atoms with Crippen LogP contribution < -0.4 is 10.6 Å². The molecule has 6 heteroatoms. The van der Waals surface area contributed by atoms with Gasteiger partial charge in [0, 0.05) is 24.2 Å². The van der Waals surface area contributed by atoms with Crippen molar-refractivity contribution in [3.63, 3.8) is 0 Å². The molecule has 0 bridgehead atoms. The summed E-state index contributed by atoms with van der Waals surface area (Å²) in [5.41, 5.74) is 2.80. The predicted molar refractivity (Wildman–Crippen MR) is 91.6 cm³/mol. The van der Waals surface area contributed by atoms with Crippen molar-refractivity contribution >= 4 is 11.7 Å². The van der Waals surface area contributed by atoms with Gasteiger partial charge in [-0.05, 0) is 31.2 Å². The number of hydrogen-bond donors (Lipinski definition) is 2. The van der Waals surface area contributed by atoms with Gasteiger partial charge in [0.05, 0.1) is 0 Å². The van der Waals surface area contributed by atoms with Crippen LogP contribution in [0.25, 0.3) is 11.5 Å². The van der Waals surface area contributed by atoms with E-state index in [9.17, 15) is 4.79 Å². The number of aromatic nitrogens is 2. The smallest absolute Gasteiger partial charge is 0.319 e. The summed E-state index contributed by atoms with van der Waals surface area (Å²) in [5.74, 6) is 0.976. The molecule has 1 aromatic heterocycles. The molecule has 2 N–H and O–H groups in total. The molecule has 2 aromatic carbocycles. The Morgan fingerprint density at radius 1 is 1.04 bits per heavy atom. The van der Waals surface area contributed by atoms with E-state index in [0.717, 1.165) is 11.3 Å². The molecular formula is C18H18N4O2. The highest BCUT2D eigenvalue weighted by molar-refractivity contribution is 5.89. The normalized spacial score (nSPS) is 10.4. The second-order valence-electron chi connectivity index (χ2n) is 5.36. The zero-order valence-corrected chi connectivity index (χ0v) is 13.3. The van der Waals surface area contributed by atoms with E-state index in [1.54, 1.807) is 0 Å². The van der Waals surface area contributed by atoms with Gasteiger partial charge in [-0.25, -0.2) is 4.79 Å². The number of carbonyl (C=O) groups is 1. The minimum absolute atomic E-state index is 0.264. The molecule has 0 aliphatic carbocycles. The van der Waals surface area contributed by atoms with Crippen molar-refractivity contribution in [3.8, 4) is 11.5 Å². The third-order valence-corrected chi connectivity index (χ3v) is 3.42. The Hall–Kier alpha value is -3.15. The van der Waals surface area contributed by atoms with Gasteiger partial charge in [-0.3, -0.25) is 0 Å². The van der Waals surface area contributed by atoms with Crippen LogP contribution in [0.3, 0.4) is 0 Å². The van der Waals surface area contributed by atoms with E-state index in [4.69, 9.17) is 4.42 Å². The number of carbonyl (C=O) groups excluding carboxylic acids is 1. The maximum absolute atomic E-state index is 11.8. The molecular weight excluding hydrogens is 304 g/mol. The minimum Gasteiger partial charge on any atom is -0.421 e. The lowest BCUT2D eigenvalue weighted by molar-refractivity contribution is 0.252. The van der Waals surface area contributed by atoms with Crippen LogP contribution in [0.1, 0.15) is 11.5 Å².